The van der Waals surface area contributed by atoms with Crippen molar-refractivity contribution in [3.63, 3.8) is 0 Å². The standard InChI is InChI=1S/C20H28N4O2/c1-26-18(25)5-3-10-23-11-8-20(13-23)14-24(15-20)12-17-7-6-16-4-2-9-21-19(16)22-17/h3,5-7H,2,4,8-15H2,1H3,(H,21,22)/b5-3+. The lowest BCUT2D eigenvalue weighted by Gasteiger charge is -2.48. The van der Waals surface area contributed by atoms with Crippen molar-refractivity contribution in [3.05, 3.63) is 35.5 Å². The fraction of sp³-hybridized carbons (Fsp3) is 0.600. The lowest BCUT2D eigenvalue weighted by atomic mass is 9.79. The minimum absolute atomic E-state index is 0.277. The summed E-state index contributed by atoms with van der Waals surface area (Å²) >= 11 is 0. The number of carbonyl (C=O) groups is 1. The molecule has 1 spiro atoms. The van der Waals surface area contributed by atoms with Gasteiger partial charge < -0.3 is 10.1 Å². The summed E-state index contributed by atoms with van der Waals surface area (Å²) < 4.78 is 4.63. The van der Waals surface area contributed by atoms with Gasteiger partial charge in [0.15, 0.2) is 0 Å². The van der Waals surface area contributed by atoms with Crippen LogP contribution in [-0.2, 0) is 22.5 Å². The van der Waals surface area contributed by atoms with E-state index in [1.54, 1.807) is 0 Å². The van der Waals surface area contributed by atoms with E-state index in [0.29, 0.717) is 5.41 Å². The van der Waals surface area contributed by atoms with Crippen LogP contribution in [0.3, 0.4) is 0 Å². The predicted molar refractivity (Wildman–Crippen MR) is 101 cm³/mol. The summed E-state index contributed by atoms with van der Waals surface area (Å²) in [5.74, 6) is 0.814. The molecule has 26 heavy (non-hydrogen) atoms. The lowest BCUT2D eigenvalue weighted by molar-refractivity contribution is -0.134. The number of carbonyl (C=O) groups excluding carboxylic acids is 1. The topological polar surface area (TPSA) is 57.7 Å². The molecule has 1 aromatic rings. The average molecular weight is 356 g/mol. The first-order valence-corrected chi connectivity index (χ1v) is 9.58. The number of ether oxygens (including phenoxy) is 1. The van der Waals surface area contributed by atoms with E-state index in [0.717, 1.165) is 58.1 Å². The Labute approximate surface area is 155 Å². The second kappa shape index (κ2) is 7.37. The Morgan fingerprint density at radius 1 is 1.35 bits per heavy atom. The minimum Gasteiger partial charge on any atom is -0.466 e. The molecule has 0 aromatic carbocycles. The molecule has 3 aliphatic rings. The summed E-state index contributed by atoms with van der Waals surface area (Å²) in [6, 6.07) is 4.43. The number of nitrogens with zero attached hydrogens (tertiary/aromatic N) is 3. The van der Waals surface area contributed by atoms with E-state index in [4.69, 9.17) is 4.98 Å². The number of hydrogen-bond donors (Lipinski definition) is 1. The second-order valence-corrected chi connectivity index (χ2v) is 7.90. The van der Waals surface area contributed by atoms with E-state index in [2.05, 4.69) is 32.0 Å². The smallest absolute Gasteiger partial charge is 0.330 e. The van der Waals surface area contributed by atoms with Crippen molar-refractivity contribution in [2.24, 2.45) is 5.41 Å². The first kappa shape index (κ1) is 17.5. The van der Waals surface area contributed by atoms with Crippen LogP contribution in [-0.4, -0.2) is 67.1 Å². The van der Waals surface area contributed by atoms with Crippen molar-refractivity contribution in [2.45, 2.75) is 25.8 Å². The molecule has 0 unspecified atom stereocenters. The zero-order valence-electron chi connectivity index (χ0n) is 15.5. The fourth-order valence-electron chi connectivity index (χ4n) is 4.51. The Morgan fingerprint density at radius 2 is 2.19 bits per heavy atom. The van der Waals surface area contributed by atoms with Crippen molar-refractivity contribution in [1.29, 1.82) is 0 Å². The highest BCUT2D eigenvalue weighted by Gasteiger charge is 2.47. The third kappa shape index (κ3) is 3.76. The maximum absolute atomic E-state index is 11.1. The number of rotatable bonds is 5. The van der Waals surface area contributed by atoms with Gasteiger partial charge in [0, 0.05) is 50.8 Å². The van der Waals surface area contributed by atoms with E-state index in [1.165, 1.54) is 37.3 Å². The molecule has 0 atom stereocenters. The fourth-order valence-corrected chi connectivity index (χ4v) is 4.51. The summed E-state index contributed by atoms with van der Waals surface area (Å²) in [6.45, 7) is 7.34. The number of aryl methyl sites for hydroxylation is 1. The van der Waals surface area contributed by atoms with Crippen LogP contribution in [0.15, 0.2) is 24.3 Å². The molecule has 0 bridgehead atoms. The average Bonchev–Trinajstić information content (AvgIpc) is 3.05. The van der Waals surface area contributed by atoms with Crippen LogP contribution in [0.2, 0.25) is 0 Å². The van der Waals surface area contributed by atoms with Gasteiger partial charge in [-0.2, -0.15) is 0 Å². The molecule has 0 amide bonds. The van der Waals surface area contributed by atoms with E-state index in [1.807, 2.05) is 6.08 Å². The first-order chi connectivity index (χ1) is 12.7. The number of fused-ring (bicyclic) bond motifs is 1. The van der Waals surface area contributed by atoms with Gasteiger partial charge in [0.25, 0.3) is 0 Å². The molecule has 3 aliphatic heterocycles. The highest BCUT2D eigenvalue weighted by molar-refractivity contribution is 5.81. The molecule has 6 heteroatoms. The Kier molecular flexibility index (Phi) is 4.96. The largest absolute Gasteiger partial charge is 0.466 e. The number of likely N-dealkylation sites (tertiary alicyclic amines) is 2. The van der Waals surface area contributed by atoms with Crippen LogP contribution in [0.25, 0.3) is 0 Å². The van der Waals surface area contributed by atoms with Crippen LogP contribution in [0, 0.1) is 5.41 Å². The van der Waals surface area contributed by atoms with Crippen LogP contribution >= 0.6 is 0 Å². The number of methoxy groups -OCH3 is 1. The summed E-state index contributed by atoms with van der Waals surface area (Å²) in [6.07, 6.45) is 7.02. The van der Waals surface area contributed by atoms with Gasteiger partial charge in [0.2, 0.25) is 0 Å². The summed E-state index contributed by atoms with van der Waals surface area (Å²) in [4.78, 5) is 20.9. The maximum atomic E-state index is 11.1. The number of esters is 1. The van der Waals surface area contributed by atoms with Crippen molar-refractivity contribution < 1.29 is 9.53 Å². The Morgan fingerprint density at radius 3 is 3.04 bits per heavy atom. The molecule has 6 nitrogen and oxygen atoms in total. The van der Waals surface area contributed by atoms with Gasteiger partial charge in [-0.1, -0.05) is 12.1 Å². The monoisotopic (exact) mass is 356 g/mol. The van der Waals surface area contributed by atoms with Gasteiger partial charge in [-0.25, -0.2) is 9.78 Å². The second-order valence-electron chi connectivity index (χ2n) is 7.90. The summed E-state index contributed by atoms with van der Waals surface area (Å²) in [5.41, 5.74) is 2.96. The first-order valence-electron chi connectivity index (χ1n) is 9.58. The molecular formula is C20H28N4O2. The van der Waals surface area contributed by atoms with Crippen molar-refractivity contribution in [3.8, 4) is 0 Å². The highest BCUT2D eigenvalue weighted by atomic mass is 16.5. The molecule has 0 aliphatic carbocycles. The van der Waals surface area contributed by atoms with Gasteiger partial charge in [0.1, 0.15) is 5.82 Å². The third-order valence-corrected chi connectivity index (χ3v) is 5.79. The molecule has 4 rings (SSSR count). The van der Waals surface area contributed by atoms with E-state index < -0.39 is 0 Å². The Hall–Kier alpha value is -1.92. The third-order valence-electron chi connectivity index (χ3n) is 5.79. The number of nitrogens with one attached hydrogen (secondary N) is 1. The molecule has 0 saturated carbocycles. The van der Waals surface area contributed by atoms with Gasteiger partial charge in [-0.3, -0.25) is 9.80 Å². The summed E-state index contributed by atoms with van der Waals surface area (Å²) in [5, 5.41) is 3.42. The van der Waals surface area contributed by atoms with Crippen LogP contribution in [0.1, 0.15) is 24.1 Å². The highest BCUT2D eigenvalue weighted by Crippen LogP contribution is 2.40. The van der Waals surface area contributed by atoms with Crippen LogP contribution < -0.4 is 5.32 Å². The molecule has 1 N–H and O–H groups in total. The molecule has 2 fully saturated rings. The van der Waals surface area contributed by atoms with Crippen molar-refractivity contribution >= 4 is 11.8 Å². The van der Waals surface area contributed by atoms with E-state index in [-0.39, 0.29) is 5.97 Å². The lowest BCUT2D eigenvalue weighted by Crippen LogP contribution is -2.56. The maximum Gasteiger partial charge on any atom is 0.330 e. The summed E-state index contributed by atoms with van der Waals surface area (Å²) in [7, 11) is 1.41. The van der Waals surface area contributed by atoms with Gasteiger partial charge >= 0.3 is 5.97 Å². The van der Waals surface area contributed by atoms with E-state index in [9.17, 15) is 4.79 Å². The van der Waals surface area contributed by atoms with Crippen LogP contribution in [0.5, 0.6) is 0 Å². The zero-order valence-corrected chi connectivity index (χ0v) is 15.5. The number of pyridine rings is 1. The minimum atomic E-state index is -0.277. The normalized spacial score (nSPS) is 22.2. The predicted octanol–water partition coefficient (Wildman–Crippen LogP) is 1.68. The van der Waals surface area contributed by atoms with Crippen molar-refractivity contribution in [1.82, 2.24) is 14.8 Å². The molecule has 1 aromatic heterocycles. The number of hydrogen-bond acceptors (Lipinski definition) is 6. The van der Waals surface area contributed by atoms with Gasteiger partial charge in [-0.05, 0) is 37.4 Å². The molecular weight excluding hydrogens is 328 g/mol. The van der Waals surface area contributed by atoms with Gasteiger partial charge in [0.05, 0.1) is 12.8 Å². The Bertz CT molecular complexity index is 697. The number of anilines is 1. The van der Waals surface area contributed by atoms with Crippen LogP contribution in [0.4, 0.5) is 5.82 Å². The molecule has 4 heterocycles. The van der Waals surface area contributed by atoms with E-state index >= 15 is 0 Å². The Balaban J connectivity index is 1.25. The SMILES string of the molecule is COC(=O)/C=C/CN1CCC2(C1)CN(Cc1ccc3c(n1)NCCC3)C2. The van der Waals surface area contributed by atoms with Crippen molar-refractivity contribution in [2.75, 3.05) is 51.7 Å². The molecule has 0 radical (unpaired) electrons. The molecule has 140 valence electrons. The molecule has 2 saturated heterocycles. The van der Waals surface area contributed by atoms with Gasteiger partial charge in [-0.15, -0.1) is 0 Å². The zero-order chi connectivity index (χ0) is 18.0. The number of aromatic nitrogens is 1. The quantitative estimate of drug-likeness (QED) is 0.640.